The number of nitro benzene ring substituents is 1. The minimum atomic E-state index is -0.641. The summed E-state index contributed by atoms with van der Waals surface area (Å²) in [6, 6.07) is 19.8. The Morgan fingerprint density at radius 1 is 1.03 bits per heavy atom. The highest BCUT2D eigenvalue weighted by Gasteiger charge is 2.07. The van der Waals surface area contributed by atoms with E-state index in [0.29, 0.717) is 27.8 Å². The quantitative estimate of drug-likeness (QED) is 0.294. The number of aromatic nitrogens is 2. The van der Waals surface area contributed by atoms with Crippen molar-refractivity contribution in [1.82, 2.24) is 9.66 Å². The van der Waals surface area contributed by atoms with E-state index in [1.807, 2.05) is 0 Å². The van der Waals surface area contributed by atoms with Crippen LogP contribution in [0.15, 0.2) is 87.5 Å². The molecule has 0 radical (unpaired) electrons. The van der Waals surface area contributed by atoms with Gasteiger partial charge < -0.3 is 9.72 Å². The summed E-state index contributed by atoms with van der Waals surface area (Å²) in [7, 11) is 0. The third kappa shape index (κ3) is 4.40. The van der Waals surface area contributed by atoms with Crippen molar-refractivity contribution < 1.29 is 9.66 Å². The zero-order chi connectivity index (χ0) is 21.8. The lowest BCUT2D eigenvalue weighted by atomic mass is 10.2. The van der Waals surface area contributed by atoms with Gasteiger partial charge in [-0.3, -0.25) is 14.9 Å². The van der Waals surface area contributed by atoms with Crippen LogP contribution in [-0.2, 0) is 6.61 Å². The summed E-state index contributed by atoms with van der Waals surface area (Å²) >= 11 is 0. The predicted molar refractivity (Wildman–Crippen MR) is 116 cm³/mol. The molecule has 31 heavy (non-hydrogen) atoms. The van der Waals surface area contributed by atoms with Gasteiger partial charge in [-0.2, -0.15) is 5.10 Å². The van der Waals surface area contributed by atoms with Gasteiger partial charge in [-0.1, -0.05) is 36.4 Å². The van der Waals surface area contributed by atoms with Crippen molar-refractivity contribution in [1.29, 1.82) is 0 Å². The monoisotopic (exact) mass is 416 g/mol. The van der Waals surface area contributed by atoms with Crippen molar-refractivity contribution in [2.75, 3.05) is 0 Å². The molecule has 0 unspecified atom stereocenters. The molecule has 4 aromatic rings. The van der Waals surface area contributed by atoms with Gasteiger partial charge >= 0.3 is 5.69 Å². The van der Waals surface area contributed by atoms with Crippen LogP contribution in [0.5, 0.6) is 5.75 Å². The lowest BCUT2D eigenvalue weighted by Crippen LogP contribution is -2.32. The van der Waals surface area contributed by atoms with Crippen molar-refractivity contribution in [3.8, 4) is 5.75 Å². The molecule has 9 heteroatoms. The predicted octanol–water partition coefficient (Wildman–Crippen LogP) is 3.06. The summed E-state index contributed by atoms with van der Waals surface area (Å²) in [6.45, 7) is 0.145. The van der Waals surface area contributed by atoms with Gasteiger partial charge in [0.15, 0.2) is 0 Å². The molecule has 1 heterocycles. The van der Waals surface area contributed by atoms with Crippen LogP contribution in [0.25, 0.3) is 10.9 Å². The molecule has 154 valence electrons. The van der Waals surface area contributed by atoms with Crippen molar-refractivity contribution >= 4 is 22.8 Å². The number of ether oxygens (including phenoxy) is 1. The van der Waals surface area contributed by atoms with Gasteiger partial charge in [0.05, 0.1) is 22.0 Å². The number of H-pyrrole nitrogens is 1. The summed E-state index contributed by atoms with van der Waals surface area (Å²) in [5.74, 6) is 0.509. The maximum absolute atomic E-state index is 12.5. The summed E-state index contributed by atoms with van der Waals surface area (Å²) in [5, 5.41) is 15.3. The number of nitro groups is 1. The van der Waals surface area contributed by atoms with Crippen molar-refractivity contribution in [3.05, 3.63) is 115 Å². The molecule has 0 aliphatic heterocycles. The summed E-state index contributed by atoms with van der Waals surface area (Å²) < 4.78 is 6.47. The third-order valence-electron chi connectivity index (χ3n) is 4.49. The van der Waals surface area contributed by atoms with E-state index in [1.165, 1.54) is 18.3 Å². The third-order valence-corrected chi connectivity index (χ3v) is 4.49. The van der Waals surface area contributed by atoms with E-state index in [1.54, 1.807) is 60.7 Å². The van der Waals surface area contributed by atoms with Gasteiger partial charge in [-0.25, -0.2) is 4.79 Å². The molecule has 0 saturated carbocycles. The summed E-state index contributed by atoms with van der Waals surface area (Å²) in [6.07, 6.45) is 1.38. The zero-order valence-electron chi connectivity index (χ0n) is 16.1. The lowest BCUT2D eigenvalue weighted by Gasteiger charge is -2.07. The Labute approximate surface area is 175 Å². The Morgan fingerprint density at radius 3 is 2.68 bits per heavy atom. The van der Waals surface area contributed by atoms with Crippen LogP contribution in [0.4, 0.5) is 5.69 Å². The van der Waals surface area contributed by atoms with E-state index in [0.717, 1.165) is 4.68 Å². The normalized spacial score (nSPS) is 11.1. The number of benzene rings is 3. The largest absolute Gasteiger partial charge is 0.489 e. The highest BCUT2D eigenvalue weighted by atomic mass is 16.6. The molecule has 9 nitrogen and oxygen atoms in total. The van der Waals surface area contributed by atoms with E-state index < -0.39 is 16.2 Å². The van der Waals surface area contributed by atoms with Crippen LogP contribution in [0.2, 0.25) is 0 Å². The van der Waals surface area contributed by atoms with Gasteiger partial charge in [0, 0.05) is 12.1 Å². The number of non-ortho nitro benzene ring substituents is 1. The molecular weight excluding hydrogens is 400 g/mol. The number of hydrogen-bond donors (Lipinski definition) is 1. The van der Waals surface area contributed by atoms with E-state index in [9.17, 15) is 19.7 Å². The molecular formula is C22H16N4O5. The number of nitrogens with one attached hydrogen (secondary N) is 1. The maximum atomic E-state index is 12.5. The molecule has 0 atom stereocenters. The standard InChI is InChI=1S/C22H16N4O5/c27-21-19-9-1-2-10-20(19)24-22(28)25(21)23-13-15-5-4-8-18(12-15)31-14-16-6-3-7-17(11-16)26(29)30/h1-13H,14H2,(H,24,28). The fourth-order valence-corrected chi connectivity index (χ4v) is 2.99. The average Bonchev–Trinajstić information content (AvgIpc) is 2.78. The molecule has 0 spiro atoms. The second kappa shape index (κ2) is 8.46. The van der Waals surface area contributed by atoms with E-state index >= 15 is 0 Å². The Balaban J connectivity index is 1.54. The number of fused-ring (bicyclic) bond motifs is 1. The Bertz CT molecular complexity index is 1420. The van der Waals surface area contributed by atoms with Gasteiger partial charge in [-0.05, 0) is 35.4 Å². The molecule has 1 aromatic heterocycles. The second-order valence-electron chi connectivity index (χ2n) is 6.63. The molecule has 0 bridgehead atoms. The fraction of sp³-hybridized carbons (Fsp3) is 0.0455. The van der Waals surface area contributed by atoms with E-state index in [2.05, 4.69) is 10.1 Å². The fourth-order valence-electron chi connectivity index (χ4n) is 2.99. The van der Waals surface area contributed by atoms with Gasteiger partial charge in [0.1, 0.15) is 12.4 Å². The van der Waals surface area contributed by atoms with Crippen molar-refractivity contribution in [2.45, 2.75) is 6.61 Å². The first kappa shape index (κ1) is 19.8. The van der Waals surface area contributed by atoms with Crippen LogP contribution in [0, 0.1) is 10.1 Å². The topological polar surface area (TPSA) is 120 Å². The number of nitrogens with zero attached hydrogens (tertiary/aromatic N) is 3. The Morgan fingerprint density at radius 2 is 1.84 bits per heavy atom. The first-order valence-electron chi connectivity index (χ1n) is 9.26. The van der Waals surface area contributed by atoms with Crippen molar-refractivity contribution in [3.63, 3.8) is 0 Å². The highest BCUT2D eigenvalue weighted by molar-refractivity contribution is 5.80. The van der Waals surface area contributed by atoms with E-state index in [-0.39, 0.29) is 12.3 Å². The van der Waals surface area contributed by atoms with Crippen LogP contribution in [0.3, 0.4) is 0 Å². The average molecular weight is 416 g/mol. The molecule has 0 aliphatic carbocycles. The van der Waals surface area contributed by atoms with Crippen molar-refractivity contribution in [2.24, 2.45) is 5.10 Å². The van der Waals surface area contributed by atoms with Gasteiger partial charge in [-0.15, -0.1) is 4.68 Å². The smallest absolute Gasteiger partial charge is 0.349 e. The van der Waals surface area contributed by atoms with Crippen LogP contribution in [-0.4, -0.2) is 20.8 Å². The molecule has 0 fully saturated rings. The molecule has 1 N–H and O–H groups in total. The number of rotatable bonds is 6. The lowest BCUT2D eigenvalue weighted by molar-refractivity contribution is -0.384. The zero-order valence-corrected chi connectivity index (χ0v) is 16.1. The highest BCUT2D eigenvalue weighted by Crippen LogP contribution is 2.17. The van der Waals surface area contributed by atoms with Crippen LogP contribution >= 0.6 is 0 Å². The first-order valence-corrected chi connectivity index (χ1v) is 9.26. The SMILES string of the molecule is O=c1[nH]c2ccccc2c(=O)n1N=Cc1cccc(OCc2cccc([N+](=O)[O-])c2)c1. The second-order valence-corrected chi connectivity index (χ2v) is 6.63. The molecule has 0 aliphatic rings. The minimum Gasteiger partial charge on any atom is -0.489 e. The number of para-hydroxylation sites is 1. The Hall–Kier alpha value is -4.53. The van der Waals surface area contributed by atoms with Crippen LogP contribution < -0.4 is 16.0 Å². The number of aromatic amines is 1. The molecule has 4 rings (SSSR count). The molecule has 0 amide bonds. The molecule has 0 saturated heterocycles. The minimum absolute atomic E-state index is 0.00645. The van der Waals surface area contributed by atoms with Gasteiger partial charge in [0.25, 0.3) is 11.2 Å². The van der Waals surface area contributed by atoms with E-state index in [4.69, 9.17) is 4.74 Å². The summed E-state index contributed by atoms with van der Waals surface area (Å²) in [4.78, 5) is 37.8. The number of hydrogen-bond acceptors (Lipinski definition) is 6. The summed E-state index contributed by atoms with van der Waals surface area (Å²) in [5.41, 5.74) is 0.541. The first-order chi connectivity index (χ1) is 15.0. The van der Waals surface area contributed by atoms with Gasteiger partial charge in [0.2, 0.25) is 0 Å². The molecule has 3 aromatic carbocycles. The van der Waals surface area contributed by atoms with Crippen LogP contribution in [0.1, 0.15) is 11.1 Å². The maximum Gasteiger partial charge on any atom is 0.349 e. The Kier molecular flexibility index (Phi) is 5.39.